The first kappa shape index (κ1) is 4.60. The molecule has 0 aromatic heterocycles. The molecule has 1 fully saturated rings. The van der Waals surface area contributed by atoms with Gasteiger partial charge in [-0.15, -0.1) is 0 Å². The SMILES string of the molecule is C[C@@H]1CC=C2C[C@@H]2C1. The second-order valence-electron chi connectivity index (χ2n) is 3.26. The Morgan fingerprint density at radius 2 is 2.50 bits per heavy atom. The van der Waals surface area contributed by atoms with Crippen molar-refractivity contribution in [1.82, 2.24) is 0 Å². The molecule has 0 heterocycles. The first-order valence-electron chi connectivity index (χ1n) is 3.55. The zero-order valence-electron chi connectivity index (χ0n) is 5.35. The molecule has 0 N–H and O–H groups in total. The second kappa shape index (κ2) is 1.37. The van der Waals surface area contributed by atoms with Crippen molar-refractivity contribution in [2.24, 2.45) is 11.8 Å². The molecule has 0 amide bonds. The molecule has 2 aliphatic rings. The summed E-state index contributed by atoms with van der Waals surface area (Å²) in [4.78, 5) is 0. The summed E-state index contributed by atoms with van der Waals surface area (Å²) in [5.41, 5.74) is 1.75. The molecule has 2 atom stereocenters. The average Bonchev–Trinajstić information content (AvgIpc) is 2.43. The summed E-state index contributed by atoms with van der Waals surface area (Å²) in [6.45, 7) is 2.35. The van der Waals surface area contributed by atoms with E-state index in [1.807, 2.05) is 0 Å². The van der Waals surface area contributed by atoms with Crippen molar-refractivity contribution in [2.75, 3.05) is 0 Å². The summed E-state index contributed by atoms with van der Waals surface area (Å²) in [5.74, 6) is 2.02. The second-order valence-corrected chi connectivity index (χ2v) is 3.26. The maximum Gasteiger partial charge on any atom is -0.0163 e. The minimum Gasteiger partial charge on any atom is -0.0848 e. The maximum absolute atomic E-state index is 2.44. The summed E-state index contributed by atoms with van der Waals surface area (Å²) < 4.78 is 0. The van der Waals surface area contributed by atoms with E-state index in [0.29, 0.717) is 0 Å². The van der Waals surface area contributed by atoms with E-state index < -0.39 is 0 Å². The normalized spacial score (nSPS) is 42.9. The smallest absolute Gasteiger partial charge is 0.0163 e. The molecule has 44 valence electrons. The average molecular weight is 108 g/mol. The van der Waals surface area contributed by atoms with Gasteiger partial charge in [-0.25, -0.2) is 0 Å². The van der Waals surface area contributed by atoms with Gasteiger partial charge in [0.05, 0.1) is 0 Å². The van der Waals surface area contributed by atoms with E-state index in [0.717, 1.165) is 11.8 Å². The molecule has 2 aliphatic carbocycles. The Bertz CT molecular complexity index is 133. The third-order valence-corrected chi connectivity index (χ3v) is 2.32. The van der Waals surface area contributed by atoms with Crippen LogP contribution >= 0.6 is 0 Å². The van der Waals surface area contributed by atoms with Crippen molar-refractivity contribution >= 4 is 0 Å². The molecule has 0 aliphatic heterocycles. The van der Waals surface area contributed by atoms with Crippen molar-refractivity contribution in [1.29, 1.82) is 0 Å². The van der Waals surface area contributed by atoms with Gasteiger partial charge in [-0.2, -0.15) is 0 Å². The van der Waals surface area contributed by atoms with Crippen LogP contribution in [0.5, 0.6) is 0 Å². The minimum absolute atomic E-state index is 0.978. The van der Waals surface area contributed by atoms with Crippen LogP contribution in [0.2, 0.25) is 0 Å². The van der Waals surface area contributed by atoms with E-state index in [-0.39, 0.29) is 0 Å². The largest absolute Gasteiger partial charge is 0.0848 e. The van der Waals surface area contributed by atoms with Gasteiger partial charge in [-0.05, 0) is 31.1 Å². The Morgan fingerprint density at radius 3 is 3.12 bits per heavy atom. The lowest BCUT2D eigenvalue weighted by molar-refractivity contribution is 0.497. The Labute approximate surface area is 50.6 Å². The molecule has 0 bridgehead atoms. The van der Waals surface area contributed by atoms with Crippen molar-refractivity contribution in [3.05, 3.63) is 11.6 Å². The number of allylic oxidation sites excluding steroid dienone is 2. The molecule has 0 aromatic carbocycles. The van der Waals surface area contributed by atoms with Crippen LogP contribution in [-0.4, -0.2) is 0 Å². The molecule has 0 radical (unpaired) electrons. The predicted molar refractivity (Wildman–Crippen MR) is 34.6 cm³/mol. The Balaban J connectivity index is 2.11. The summed E-state index contributed by atoms with van der Waals surface area (Å²) >= 11 is 0. The van der Waals surface area contributed by atoms with Crippen molar-refractivity contribution < 1.29 is 0 Å². The first-order valence-corrected chi connectivity index (χ1v) is 3.55. The van der Waals surface area contributed by atoms with Gasteiger partial charge in [-0.1, -0.05) is 18.6 Å². The number of hydrogen-bond acceptors (Lipinski definition) is 0. The highest BCUT2D eigenvalue weighted by atomic mass is 14.4. The van der Waals surface area contributed by atoms with Gasteiger partial charge in [0.25, 0.3) is 0 Å². The Kier molecular flexibility index (Phi) is 0.787. The maximum atomic E-state index is 2.44. The van der Waals surface area contributed by atoms with E-state index in [1.165, 1.54) is 19.3 Å². The Hall–Kier alpha value is -0.260. The molecule has 0 heteroatoms. The first-order chi connectivity index (χ1) is 3.86. The third-order valence-electron chi connectivity index (χ3n) is 2.32. The van der Waals surface area contributed by atoms with Crippen LogP contribution in [0.25, 0.3) is 0 Å². The fourth-order valence-corrected chi connectivity index (χ4v) is 1.64. The summed E-state index contributed by atoms with van der Waals surface area (Å²) in [5, 5.41) is 0. The van der Waals surface area contributed by atoms with E-state index in [4.69, 9.17) is 0 Å². The van der Waals surface area contributed by atoms with Gasteiger partial charge in [0.2, 0.25) is 0 Å². The zero-order chi connectivity index (χ0) is 5.56. The molecule has 0 unspecified atom stereocenters. The lowest BCUT2D eigenvalue weighted by atomic mass is 9.96. The summed E-state index contributed by atoms with van der Waals surface area (Å²) in [7, 11) is 0. The highest BCUT2D eigenvalue weighted by molar-refractivity contribution is 5.25. The van der Waals surface area contributed by atoms with Crippen LogP contribution in [-0.2, 0) is 0 Å². The number of hydrogen-bond donors (Lipinski definition) is 0. The molecule has 8 heavy (non-hydrogen) atoms. The van der Waals surface area contributed by atoms with Crippen LogP contribution < -0.4 is 0 Å². The van der Waals surface area contributed by atoms with Crippen molar-refractivity contribution in [2.45, 2.75) is 26.2 Å². The van der Waals surface area contributed by atoms with Crippen LogP contribution in [0.4, 0.5) is 0 Å². The standard InChI is InChI=1S/C8H12/c1-6-2-3-7-5-8(7)4-6/h3,6,8H,2,4-5H2,1H3/t6-,8+/m1/s1. The van der Waals surface area contributed by atoms with Crippen LogP contribution in [0.1, 0.15) is 26.2 Å². The fourth-order valence-electron chi connectivity index (χ4n) is 1.64. The zero-order valence-corrected chi connectivity index (χ0v) is 5.35. The molecule has 0 spiro atoms. The van der Waals surface area contributed by atoms with Crippen LogP contribution in [0, 0.1) is 11.8 Å². The molecule has 0 nitrogen and oxygen atoms in total. The molecule has 0 saturated heterocycles. The fraction of sp³-hybridized carbons (Fsp3) is 0.750. The summed E-state index contributed by atoms with van der Waals surface area (Å²) in [6.07, 6.45) is 6.71. The van der Waals surface area contributed by atoms with Crippen molar-refractivity contribution in [3.63, 3.8) is 0 Å². The predicted octanol–water partition coefficient (Wildman–Crippen LogP) is 2.36. The highest BCUT2D eigenvalue weighted by Gasteiger charge is 2.33. The van der Waals surface area contributed by atoms with Gasteiger partial charge < -0.3 is 0 Å². The van der Waals surface area contributed by atoms with E-state index in [2.05, 4.69) is 13.0 Å². The van der Waals surface area contributed by atoms with Gasteiger partial charge in [0.1, 0.15) is 0 Å². The number of fused-ring (bicyclic) bond motifs is 1. The molecule has 2 rings (SSSR count). The molecular weight excluding hydrogens is 96.1 g/mol. The van der Waals surface area contributed by atoms with Gasteiger partial charge >= 0.3 is 0 Å². The molecule has 0 aromatic rings. The Morgan fingerprint density at radius 1 is 1.62 bits per heavy atom. The number of rotatable bonds is 0. The van der Waals surface area contributed by atoms with Crippen LogP contribution in [0.3, 0.4) is 0 Å². The van der Waals surface area contributed by atoms with E-state index >= 15 is 0 Å². The summed E-state index contributed by atoms with van der Waals surface area (Å²) in [6, 6.07) is 0. The highest BCUT2D eigenvalue weighted by Crippen LogP contribution is 2.46. The molecule has 1 saturated carbocycles. The van der Waals surface area contributed by atoms with Gasteiger partial charge in [0, 0.05) is 0 Å². The topological polar surface area (TPSA) is 0 Å². The van der Waals surface area contributed by atoms with Gasteiger partial charge in [-0.3, -0.25) is 0 Å². The van der Waals surface area contributed by atoms with E-state index in [9.17, 15) is 0 Å². The lowest BCUT2D eigenvalue weighted by Crippen LogP contribution is -1.96. The van der Waals surface area contributed by atoms with E-state index in [1.54, 1.807) is 5.57 Å². The van der Waals surface area contributed by atoms with Crippen LogP contribution in [0.15, 0.2) is 11.6 Å². The lowest BCUT2D eigenvalue weighted by Gasteiger charge is -2.09. The third kappa shape index (κ3) is 0.594. The monoisotopic (exact) mass is 108 g/mol. The quantitative estimate of drug-likeness (QED) is 0.418. The minimum atomic E-state index is 0.978. The van der Waals surface area contributed by atoms with Crippen molar-refractivity contribution in [3.8, 4) is 0 Å². The van der Waals surface area contributed by atoms with Gasteiger partial charge in [0.15, 0.2) is 0 Å². The molecular formula is C8H12.